The van der Waals surface area contributed by atoms with E-state index in [1.807, 2.05) is 0 Å². The van der Waals surface area contributed by atoms with Gasteiger partial charge < -0.3 is 24.2 Å². The first-order valence-electron chi connectivity index (χ1n) is 33.1. The van der Waals surface area contributed by atoms with Crippen molar-refractivity contribution in [1.82, 2.24) is 0 Å². The van der Waals surface area contributed by atoms with Crippen LogP contribution in [0, 0.1) is 0 Å². The van der Waals surface area contributed by atoms with Crippen molar-refractivity contribution in [2.45, 2.75) is 303 Å². The lowest BCUT2D eigenvalue weighted by Crippen LogP contribution is -2.30. The number of unbranched alkanes of at least 4 members (excludes halogenated alkanes) is 28. The molecular weight excluding hydrogens is 1050 g/mol. The summed E-state index contributed by atoms with van der Waals surface area (Å²) >= 11 is 0. The highest BCUT2D eigenvalue weighted by Gasteiger charge is 2.28. The predicted octanol–water partition coefficient (Wildman–Crippen LogP) is 20.4. The quantitative estimate of drug-likeness (QED) is 0.0197. The summed E-state index contributed by atoms with van der Waals surface area (Å²) in [5.74, 6) is -1.49. The van der Waals surface area contributed by atoms with Gasteiger partial charge in [0.2, 0.25) is 0 Å². The molecule has 0 rings (SSSR count). The van der Waals surface area contributed by atoms with Crippen LogP contribution >= 0.6 is 7.82 Å². The summed E-state index contributed by atoms with van der Waals surface area (Å²) in [6.07, 6.45) is 76.3. The summed E-state index contributed by atoms with van der Waals surface area (Å²) in [7, 11) is -4.77. The van der Waals surface area contributed by atoms with Gasteiger partial charge in [0, 0.05) is 19.3 Å². The first-order chi connectivity index (χ1) is 40.2. The van der Waals surface area contributed by atoms with Gasteiger partial charge in [-0.1, -0.05) is 246 Å². The van der Waals surface area contributed by atoms with Crippen LogP contribution in [0.3, 0.4) is 0 Å². The molecule has 3 unspecified atom stereocenters. The fourth-order valence-corrected chi connectivity index (χ4v) is 9.72. The van der Waals surface area contributed by atoms with Gasteiger partial charge in [-0.05, 0) is 122 Å². The Labute approximate surface area is 502 Å². The molecule has 12 heteroatoms. The van der Waals surface area contributed by atoms with Crippen LogP contribution in [0.2, 0.25) is 0 Å². The Morgan fingerprint density at radius 1 is 0.354 bits per heavy atom. The fourth-order valence-electron chi connectivity index (χ4n) is 8.94. The van der Waals surface area contributed by atoms with Crippen LogP contribution < -0.4 is 0 Å². The number of hydrogen-bond acceptors (Lipinski definition) is 10. The van der Waals surface area contributed by atoms with Gasteiger partial charge in [-0.15, -0.1) is 0 Å². The summed E-state index contributed by atoms with van der Waals surface area (Å²) in [5.41, 5.74) is 0. The summed E-state index contributed by atoms with van der Waals surface area (Å²) in [4.78, 5) is 48.8. The molecule has 11 nitrogen and oxygen atoms in total. The van der Waals surface area contributed by atoms with Gasteiger partial charge in [0.15, 0.2) is 6.10 Å². The molecule has 0 heterocycles. The Morgan fingerprint density at radius 3 is 0.976 bits per heavy atom. The summed E-state index contributed by atoms with van der Waals surface area (Å²) in [6, 6.07) is 0. The van der Waals surface area contributed by atoms with E-state index in [-0.39, 0.29) is 25.9 Å². The normalized spacial score (nSPS) is 13.9. The van der Waals surface area contributed by atoms with Gasteiger partial charge in [0.05, 0.1) is 19.8 Å². The van der Waals surface area contributed by atoms with Gasteiger partial charge >= 0.3 is 25.7 Å². The number of hydrogen-bond donors (Lipinski definition) is 2. The lowest BCUT2D eigenvalue weighted by Gasteiger charge is -2.21. The number of aliphatic hydroxyl groups is 1. The van der Waals surface area contributed by atoms with Crippen molar-refractivity contribution in [3.63, 3.8) is 0 Å². The van der Waals surface area contributed by atoms with Gasteiger partial charge in [-0.25, -0.2) is 4.57 Å². The van der Waals surface area contributed by atoms with E-state index in [1.165, 1.54) is 116 Å². The van der Waals surface area contributed by atoms with E-state index in [0.29, 0.717) is 19.3 Å². The third kappa shape index (κ3) is 61.0. The smallest absolute Gasteiger partial charge is 0.462 e. The van der Waals surface area contributed by atoms with E-state index >= 15 is 0 Å². The lowest BCUT2D eigenvalue weighted by molar-refractivity contribution is -0.161. The molecule has 0 aliphatic rings. The number of carbonyl (C=O) groups excluding carboxylic acids is 3. The van der Waals surface area contributed by atoms with Gasteiger partial charge in [-0.2, -0.15) is 0 Å². The van der Waals surface area contributed by atoms with Crippen LogP contribution in [0.5, 0.6) is 0 Å². The van der Waals surface area contributed by atoms with Crippen LogP contribution in [0.4, 0.5) is 0 Å². The Morgan fingerprint density at radius 2 is 0.634 bits per heavy atom. The van der Waals surface area contributed by atoms with Crippen molar-refractivity contribution < 1.29 is 52.2 Å². The Bertz CT molecular complexity index is 1750. The third-order valence-corrected chi connectivity index (χ3v) is 14.9. The maximum absolute atomic E-state index is 13.0. The molecule has 0 fully saturated rings. The van der Waals surface area contributed by atoms with Crippen molar-refractivity contribution in [2.24, 2.45) is 0 Å². The average molecular weight is 1170 g/mol. The van der Waals surface area contributed by atoms with Gasteiger partial charge in [-0.3, -0.25) is 23.4 Å². The van der Waals surface area contributed by atoms with E-state index in [0.717, 1.165) is 116 Å². The molecule has 0 radical (unpaired) electrons. The Hall–Kier alpha value is -3.60. The van der Waals surface area contributed by atoms with Crippen molar-refractivity contribution in [3.05, 3.63) is 97.2 Å². The summed E-state index contributed by atoms with van der Waals surface area (Å²) in [6.45, 7) is 4.48. The number of rotatable bonds is 61. The van der Waals surface area contributed by atoms with Crippen LogP contribution in [0.15, 0.2) is 97.2 Å². The molecule has 82 heavy (non-hydrogen) atoms. The number of esters is 3. The molecule has 0 bridgehead atoms. The zero-order valence-electron chi connectivity index (χ0n) is 52.4. The fraction of sp³-hybridized carbons (Fsp3) is 0.729. The van der Waals surface area contributed by atoms with Crippen molar-refractivity contribution in [3.8, 4) is 0 Å². The predicted molar refractivity (Wildman–Crippen MR) is 344 cm³/mol. The zero-order chi connectivity index (χ0) is 59.8. The number of phosphoric ester groups is 1. The largest absolute Gasteiger partial charge is 0.472 e. The van der Waals surface area contributed by atoms with Crippen LogP contribution in [-0.2, 0) is 42.2 Å². The minimum Gasteiger partial charge on any atom is -0.462 e. The van der Waals surface area contributed by atoms with E-state index in [9.17, 15) is 28.9 Å². The van der Waals surface area contributed by atoms with Gasteiger partial charge in [0.25, 0.3) is 0 Å². The second kappa shape index (κ2) is 63.4. The Balaban J connectivity index is 4.73. The molecule has 2 N–H and O–H groups in total. The van der Waals surface area contributed by atoms with Crippen LogP contribution in [0.1, 0.15) is 290 Å². The summed E-state index contributed by atoms with van der Waals surface area (Å²) in [5, 5.41) is 9.86. The lowest BCUT2D eigenvalue weighted by atomic mass is 10.1. The molecule has 0 aliphatic heterocycles. The third-order valence-electron chi connectivity index (χ3n) is 14.0. The topological polar surface area (TPSA) is 155 Å². The first kappa shape index (κ1) is 78.4. The standard InChI is InChI=1S/C70H121O11P/c1-4-7-10-13-16-19-22-25-28-31-33-36-38-41-44-47-50-53-56-59-68(72)77-63-67(81-70(74)61-58-55-52-49-46-43-40-37-34-32-29-26-23-20-17-14-11-8-5-2)65-79-82(75,76)78-64-66(62-71)80-69(73)60-57-54-51-48-45-42-39-35-30-27-24-21-18-15-12-9-6-3/h9,12,16-21,25-30,39,42,66-67,71H,4-8,10-11,13-15,22-24,31-38,40-41,43-65H2,1-3H3,(H,75,76)/b12-9-,19-16-,20-17-,21-18-,28-25-,29-26-,30-27-,42-39-. The second-order valence-electron chi connectivity index (χ2n) is 21.9. The minimum absolute atomic E-state index is 0.146. The minimum atomic E-state index is -4.77. The molecule has 0 aromatic carbocycles. The summed E-state index contributed by atoms with van der Waals surface area (Å²) < 4.78 is 39.7. The van der Waals surface area contributed by atoms with Crippen molar-refractivity contribution in [2.75, 3.05) is 26.4 Å². The van der Waals surface area contributed by atoms with Crippen molar-refractivity contribution in [1.29, 1.82) is 0 Å². The number of phosphoric acid groups is 1. The molecule has 0 amide bonds. The number of aliphatic hydroxyl groups excluding tert-OH is 1. The highest BCUT2D eigenvalue weighted by atomic mass is 31.2. The molecule has 0 saturated carbocycles. The van der Waals surface area contributed by atoms with Crippen molar-refractivity contribution >= 4 is 25.7 Å². The average Bonchev–Trinajstić information content (AvgIpc) is 3.49. The highest BCUT2D eigenvalue weighted by molar-refractivity contribution is 7.47. The number of allylic oxidation sites excluding steroid dienone is 16. The molecule has 0 saturated heterocycles. The Kier molecular flexibility index (Phi) is 60.6. The highest BCUT2D eigenvalue weighted by Crippen LogP contribution is 2.43. The van der Waals surface area contributed by atoms with E-state index in [1.54, 1.807) is 0 Å². The molecule has 0 spiro atoms. The number of ether oxygens (including phenoxy) is 3. The zero-order valence-corrected chi connectivity index (χ0v) is 53.3. The maximum atomic E-state index is 13.0. The van der Waals surface area contributed by atoms with Crippen LogP contribution in [0.25, 0.3) is 0 Å². The molecule has 3 atom stereocenters. The van der Waals surface area contributed by atoms with Crippen LogP contribution in [-0.4, -0.2) is 66.5 Å². The monoisotopic (exact) mass is 1170 g/mol. The molecule has 0 aliphatic carbocycles. The number of carbonyl (C=O) groups is 3. The maximum Gasteiger partial charge on any atom is 0.472 e. The van der Waals surface area contributed by atoms with E-state index in [2.05, 4.69) is 118 Å². The molecule has 0 aromatic rings. The molecular formula is C70H121O11P. The first-order valence-corrected chi connectivity index (χ1v) is 34.6. The van der Waals surface area contributed by atoms with Gasteiger partial charge in [0.1, 0.15) is 12.7 Å². The van der Waals surface area contributed by atoms with E-state index < -0.39 is 57.8 Å². The molecule has 472 valence electrons. The second-order valence-corrected chi connectivity index (χ2v) is 23.3. The SMILES string of the molecule is CC/C=C\C/C=C\C/C=C\C/C=C\CCCCCCC(=O)OC(CO)COP(=O)(O)OCC(COC(=O)CCCCCCCCCCC/C=C\C/C=C\CCCCC)OC(=O)CCCCCCCCCCC/C=C\C/C=C\CCCCC. The molecule has 0 aromatic heterocycles. The van der Waals surface area contributed by atoms with E-state index in [4.69, 9.17) is 23.3 Å².